The molecular weight excluding hydrogens is 268 g/mol. The molecule has 3 rings (SSSR count). The van der Waals surface area contributed by atoms with E-state index in [0.29, 0.717) is 5.69 Å². The highest BCUT2D eigenvalue weighted by molar-refractivity contribution is 6.30. The summed E-state index contributed by atoms with van der Waals surface area (Å²) in [7, 11) is 0. The number of benzene rings is 2. The van der Waals surface area contributed by atoms with E-state index >= 15 is 0 Å². The molecule has 0 aromatic heterocycles. The van der Waals surface area contributed by atoms with Crippen molar-refractivity contribution in [1.82, 2.24) is 0 Å². The zero-order chi connectivity index (χ0) is 13.4. The minimum atomic E-state index is -0.568. The van der Waals surface area contributed by atoms with E-state index in [4.69, 9.17) is 11.6 Å². The van der Waals surface area contributed by atoms with Crippen LogP contribution in [0.4, 0.5) is 14.5 Å². The third-order valence-electron chi connectivity index (χ3n) is 3.33. The topological polar surface area (TPSA) is 12.0 Å². The molecule has 1 nitrogen and oxygen atoms in total. The monoisotopic (exact) mass is 279 g/mol. The van der Waals surface area contributed by atoms with Crippen molar-refractivity contribution in [3.05, 3.63) is 64.2 Å². The maximum Gasteiger partial charge on any atom is 0.128 e. The maximum absolute atomic E-state index is 13.1. The molecule has 0 bridgehead atoms. The first kappa shape index (κ1) is 12.4. The highest BCUT2D eigenvalue weighted by Gasteiger charge is 2.21. The quantitative estimate of drug-likeness (QED) is 0.869. The van der Waals surface area contributed by atoms with Gasteiger partial charge in [-0.15, -0.1) is 0 Å². The van der Waals surface area contributed by atoms with Crippen molar-refractivity contribution < 1.29 is 8.78 Å². The predicted molar refractivity (Wildman–Crippen MR) is 72.6 cm³/mol. The Balaban J connectivity index is 1.76. The largest absolute Gasteiger partial charge is 0.381 e. The van der Waals surface area contributed by atoms with Gasteiger partial charge in [0.1, 0.15) is 11.6 Å². The fourth-order valence-corrected chi connectivity index (χ4v) is 2.76. The Morgan fingerprint density at radius 3 is 2.37 bits per heavy atom. The van der Waals surface area contributed by atoms with Crippen molar-refractivity contribution in [1.29, 1.82) is 0 Å². The van der Waals surface area contributed by atoms with E-state index in [1.807, 2.05) is 18.2 Å². The number of hydrogen-bond acceptors (Lipinski definition) is 1. The van der Waals surface area contributed by atoms with Crippen LogP contribution >= 0.6 is 11.6 Å². The SMILES string of the molecule is Fc1cc(F)cc(NC2Cc3ccc(Cl)cc3C2)c1. The smallest absolute Gasteiger partial charge is 0.128 e. The molecule has 19 heavy (non-hydrogen) atoms. The zero-order valence-corrected chi connectivity index (χ0v) is 10.8. The Labute approximate surface area is 115 Å². The van der Waals surface area contributed by atoms with Crippen LogP contribution in [0.25, 0.3) is 0 Å². The van der Waals surface area contributed by atoms with Crippen LogP contribution in [-0.2, 0) is 12.8 Å². The molecule has 1 atom stereocenters. The molecule has 1 N–H and O–H groups in total. The van der Waals surface area contributed by atoms with Gasteiger partial charge in [-0.25, -0.2) is 8.78 Å². The van der Waals surface area contributed by atoms with E-state index in [1.54, 1.807) is 0 Å². The molecule has 0 fully saturated rings. The van der Waals surface area contributed by atoms with Crippen LogP contribution in [-0.4, -0.2) is 6.04 Å². The van der Waals surface area contributed by atoms with Crippen LogP contribution in [0.15, 0.2) is 36.4 Å². The minimum Gasteiger partial charge on any atom is -0.381 e. The van der Waals surface area contributed by atoms with E-state index in [9.17, 15) is 8.78 Å². The lowest BCUT2D eigenvalue weighted by molar-refractivity contribution is 0.583. The van der Waals surface area contributed by atoms with Crippen LogP contribution in [0.1, 0.15) is 11.1 Å². The zero-order valence-electron chi connectivity index (χ0n) is 10.1. The number of fused-ring (bicyclic) bond motifs is 1. The Kier molecular flexibility index (Phi) is 3.15. The van der Waals surface area contributed by atoms with Crippen molar-refractivity contribution in [3.63, 3.8) is 0 Å². The molecule has 0 heterocycles. The first-order chi connectivity index (χ1) is 9.10. The number of nitrogens with one attached hydrogen (secondary N) is 1. The summed E-state index contributed by atoms with van der Waals surface area (Å²) in [4.78, 5) is 0. The summed E-state index contributed by atoms with van der Waals surface area (Å²) in [6.07, 6.45) is 1.65. The van der Waals surface area contributed by atoms with Gasteiger partial charge in [0.25, 0.3) is 0 Å². The van der Waals surface area contributed by atoms with Crippen LogP contribution < -0.4 is 5.32 Å². The van der Waals surface area contributed by atoms with E-state index in [-0.39, 0.29) is 6.04 Å². The molecule has 2 aromatic rings. The average molecular weight is 280 g/mol. The molecule has 1 unspecified atom stereocenters. The second-order valence-corrected chi connectivity index (χ2v) is 5.26. The predicted octanol–water partition coefficient (Wildman–Crippen LogP) is 4.20. The highest BCUT2D eigenvalue weighted by atomic mass is 35.5. The van der Waals surface area contributed by atoms with Crippen LogP contribution in [0, 0.1) is 11.6 Å². The summed E-state index contributed by atoms with van der Waals surface area (Å²) in [6.45, 7) is 0. The number of halogens is 3. The molecule has 1 aliphatic carbocycles. The number of hydrogen-bond donors (Lipinski definition) is 1. The highest BCUT2D eigenvalue weighted by Crippen LogP contribution is 2.27. The van der Waals surface area contributed by atoms with Gasteiger partial charge in [0.05, 0.1) is 0 Å². The molecule has 0 radical (unpaired) electrons. The lowest BCUT2D eigenvalue weighted by Gasteiger charge is -2.13. The van der Waals surface area contributed by atoms with Crippen molar-refractivity contribution >= 4 is 17.3 Å². The third-order valence-corrected chi connectivity index (χ3v) is 3.57. The van der Waals surface area contributed by atoms with Gasteiger partial charge in [-0.05, 0) is 48.2 Å². The fraction of sp³-hybridized carbons (Fsp3) is 0.200. The van der Waals surface area contributed by atoms with E-state index in [1.165, 1.54) is 23.3 Å². The van der Waals surface area contributed by atoms with E-state index < -0.39 is 11.6 Å². The Bertz CT molecular complexity index is 607. The van der Waals surface area contributed by atoms with Crippen molar-refractivity contribution in [2.24, 2.45) is 0 Å². The number of rotatable bonds is 2. The molecule has 0 amide bonds. The summed E-state index contributed by atoms with van der Waals surface area (Å²) >= 11 is 5.95. The van der Waals surface area contributed by atoms with E-state index in [0.717, 1.165) is 23.9 Å². The molecule has 0 spiro atoms. The standard InChI is InChI=1S/C15H12ClF2N/c16-11-2-1-9-4-14(5-10(9)3-11)19-15-7-12(17)6-13(18)8-15/h1-3,6-8,14,19H,4-5H2. The van der Waals surface area contributed by atoms with Crippen molar-refractivity contribution in [2.45, 2.75) is 18.9 Å². The maximum atomic E-state index is 13.1. The van der Waals surface area contributed by atoms with Crippen molar-refractivity contribution in [3.8, 4) is 0 Å². The molecule has 2 aromatic carbocycles. The van der Waals surface area contributed by atoms with Gasteiger partial charge in [0, 0.05) is 22.8 Å². The van der Waals surface area contributed by atoms with Gasteiger partial charge < -0.3 is 5.32 Å². The molecule has 98 valence electrons. The Hall–Kier alpha value is -1.61. The fourth-order valence-electron chi connectivity index (χ4n) is 2.56. The Morgan fingerprint density at radius 2 is 1.63 bits per heavy atom. The summed E-state index contributed by atoms with van der Waals surface area (Å²) in [6, 6.07) is 9.45. The van der Waals surface area contributed by atoms with Gasteiger partial charge in [0.15, 0.2) is 0 Å². The van der Waals surface area contributed by atoms with Crippen LogP contribution in [0.2, 0.25) is 5.02 Å². The van der Waals surface area contributed by atoms with E-state index in [2.05, 4.69) is 5.32 Å². The second kappa shape index (κ2) is 4.82. The molecule has 4 heteroatoms. The summed E-state index contributed by atoms with van der Waals surface area (Å²) < 4.78 is 26.2. The van der Waals surface area contributed by atoms with Gasteiger partial charge in [-0.2, -0.15) is 0 Å². The van der Waals surface area contributed by atoms with Crippen molar-refractivity contribution in [2.75, 3.05) is 5.32 Å². The molecule has 0 saturated carbocycles. The molecule has 1 aliphatic rings. The minimum absolute atomic E-state index is 0.148. The average Bonchev–Trinajstić information content (AvgIpc) is 2.68. The van der Waals surface area contributed by atoms with Gasteiger partial charge in [-0.1, -0.05) is 17.7 Å². The summed E-state index contributed by atoms with van der Waals surface area (Å²) in [5, 5.41) is 3.88. The van der Waals surface area contributed by atoms with Gasteiger partial charge >= 0.3 is 0 Å². The summed E-state index contributed by atoms with van der Waals surface area (Å²) in [5.74, 6) is -1.14. The first-order valence-corrected chi connectivity index (χ1v) is 6.48. The lowest BCUT2D eigenvalue weighted by atomic mass is 10.1. The lowest BCUT2D eigenvalue weighted by Crippen LogP contribution is -2.19. The normalized spacial score (nSPS) is 17.3. The molecular formula is C15H12ClF2N. The second-order valence-electron chi connectivity index (χ2n) is 4.82. The first-order valence-electron chi connectivity index (χ1n) is 6.10. The molecule has 0 saturated heterocycles. The Morgan fingerprint density at radius 1 is 0.947 bits per heavy atom. The van der Waals surface area contributed by atoms with Crippen LogP contribution in [0.5, 0.6) is 0 Å². The van der Waals surface area contributed by atoms with Crippen LogP contribution in [0.3, 0.4) is 0 Å². The van der Waals surface area contributed by atoms with Gasteiger partial charge in [0.2, 0.25) is 0 Å². The third kappa shape index (κ3) is 2.71. The molecule has 0 aliphatic heterocycles. The van der Waals surface area contributed by atoms with Gasteiger partial charge in [-0.3, -0.25) is 0 Å². The summed E-state index contributed by atoms with van der Waals surface area (Å²) in [5.41, 5.74) is 2.90. The number of anilines is 1.